The Hall–Kier alpha value is -1.85. The summed E-state index contributed by atoms with van der Waals surface area (Å²) in [6.45, 7) is 6.50. The molecule has 0 fully saturated rings. The van der Waals surface area contributed by atoms with E-state index in [1.807, 2.05) is 0 Å². The van der Waals surface area contributed by atoms with E-state index >= 15 is 0 Å². The third-order valence-electron chi connectivity index (χ3n) is 3.11. The van der Waals surface area contributed by atoms with E-state index in [1.54, 1.807) is 13.8 Å². The molecule has 1 amide bonds. The first-order valence-corrected chi connectivity index (χ1v) is 5.59. The number of carboxylic acid groups (broad SMARTS) is 1. The van der Waals surface area contributed by atoms with Crippen molar-refractivity contribution in [1.29, 1.82) is 0 Å². The van der Waals surface area contributed by atoms with Gasteiger partial charge < -0.3 is 14.4 Å². The van der Waals surface area contributed by atoms with Gasteiger partial charge in [0.05, 0.1) is 5.69 Å². The van der Waals surface area contributed by atoms with Crippen LogP contribution in [0.3, 0.4) is 0 Å². The van der Waals surface area contributed by atoms with Gasteiger partial charge in [-0.1, -0.05) is 0 Å². The minimum atomic E-state index is -1.26. The summed E-state index contributed by atoms with van der Waals surface area (Å²) in [5.74, 6) is -0.428. The largest absolute Gasteiger partial charge is 0.480 e. The highest BCUT2D eigenvalue weighted by Crippen LogP contribution is 2.15. The Morgan fingerprint density at radius 2 is 1.94 bits per heavy atom. The molecule has 0 unspecified atom stereocenters. The van der Waals surface area contributed by atoms with Crippen LogP contribution in [0.5, 0.6) is 0 Å². The van der Waals surface area contributed by atoms with Crippen LogP contribution < -0.4 is 0 Å². The molecule has 1 heterocycles. The van der Waals surface area contributed by atoms with Crippen LogP contribution in [-0.2, 0) is 16.0 Å². The van der Waals surface area contributed by atoms with Gasteiger partial charge in [-0.3, -0.25) is 4.79 Å². The molecule has 0 aliphatic heterocycles. The van der Waals surface area contributed by atoms with Crippen molar-refractivity contribution in [2.75, 3.05) is 7.05 Å². The van der Waals surface area contributed by atoms with Crippen LogP contribution in [-0.4, -0.2) is 39.5 Å². The SMILES string of the molecule is Cc1nc(CC(=O)N(C)C(C)(C)C(=O)O)oc1C. The lowest BCUT2D eigenvalue weighted by Crippen LogP contribution is -2.51. The van der Waals surface area contributed by atoms with Crippen molar-refractivity contribution in [3.63, 3.8) is 0 Å². The number of carboxylic acids is 1. The molecule has 1 N–H and O–H groups in total. The van der Waals surface area contributed by atoms with Gasteiger partial charge in [0, 0.05) is 7.05 Å². The fourth-order valence-corrected chi connectivity index (χ4v) is 1.32. The van der Waals surface area contributed by atoms with E-state index in [0.29, 0.717) is 11.7 Å². The highest BCUT2D eigenvalue weighted by Gasteiger charge is 2.35. The molecular weight excluding hydrogens is 236 g/mol. The molecule has 6 nitrogen and oxygen atoms in total. The Balaban J connectivity index is 2.80. The second-order valence-electron chi connectivity index (χ2n) is 4.74. The monoisotopic (exact) mass is 254 g/mol. The van der Waals surface area contributed by atoms with E-state index in [2.05, 4.69) is 4.98 Å². The number of aliphatic carboxylic acids is 1. The molecular formula is C12H18N2O4. The topological polar surface area (TPSA) is 83.6 Å². The van der Waals surface area contributed by atoms with Crippen LogP contribution >= 0.6 is 0 Å². The molecule has 6 heteroatoms. The Bertz CT molecular complexity index is 457. The van der Waals surface area contributed by atoms with Gasteiger partial charge in [0.2, 0.25) is 11.8 Å². The van der Waals surface area contributed by atoms with Gasteiger partial charge in [-0.15, -0.1) is 0 Å². The van der Waals surface area contributed by atoms with Crippen LogP contribution in [0, 0.1) is 13.8 Å². The molecule has 18 heavy (non-hydrogen) atoms. The molecule has 1 rings (SSSR count). The quantitative estimate of drug-likeness (QED) is 0.871. The van der Waals surface area contributed by atoms with Crippen LogP contribution in [0.2, 0.25) is 0 Å². The fraction of sp³-hybridized carbons (Fsp3) is 0.583. The maximum absolute atomic E-state index is 11.9. The molecule has 0 radical (unpaired) electrons. The van der Waals surface area contributed by atoms with Crippen molar-refractivity contribution in [2.24, 2.45) is 0 Å². The average molecular weight is 254 g/mol. The summed E-state index contributed by atoms with van der Waals surface area (Å²) in [6.07, 6.45) is -0.0398. The summed E-state index contributed by atoms with van der Waals surface area (Å²) in [5, 5.41) is 9.04. The molecule has 0 aliphatic rings. The van der Waals surface area contributed by atoms with Crippen molar-refractivity contribution < 1.29 is 19.1 Å². The maximum atomic E-state index is 11.9. The van der Waals surface area contributed by atoms with Crippen LogP contribution in [0.4, 0.5) is 0 Å². The number of hydrogen-bond donors (Lipinski definition) is 1. The number of amides is 1. The van der Waals surface area contributed by atoms with Gasteiger partial charge in [-0.25, -0.2) is 9.78 Å². The molecule has 0 aliphatic carbocycles. The molecule has 0 saturated heterocycles. The standard InChI is InChI=1S/C12H18N2O4/c1-7-8(2)18-9(13-7)6-10(15)14(5)12(3,4)11(16)17/h6H2,1-5H3,(H,16,17). The summed E-state index contributed by atoms with van der Waals surface area (Å²) < 4.78 is 5.30. The van der Waals surface area contributed by atoms with E-state index in [0.717, 1.165) is 5.69 Å². The van der Waals surface area contributed by atoms with Gasteiger partial charge in [0.25, 0.3) is 0 Å². The second kappa shape index (κ2) is 4.80. The van der Waals surface area contributed by atoms with Crippen molar-refractivity contribution >= 4 is 11.9 Å². The molecule has 100 valence electrons. The predicted octanol–water partition coefficient (Wildman–Crippen LogP) is 1.16. The summed E-state index contributed by atoms with van der Waals surface area (Å²) in [7, 11) is 1.46. The highest BCUT2D eigenvalue weighted by atomic mass is 16.4. The average Bonchev–Trinajstić information content (AvgIpc) is 2.56. The normalized spacial score (nSPS) is 11.4. The maximum Gasteiger partial charge on any atom is 0.329 e. The highest BCUT2D eigenvalue weighted by molar-refractivity contribution is 5.86. The first-order valence-electron chi connectivity index (χ1n) is 5.59. The number of rotatable bonds is 4. The molecule has 0 bridgehead atoms. The smallest absolute Gasteiger partial charge is 0.329 e. The molecule has 1 aromatic rings. The Labute approximate surface area is 106 Å². The summed E-state index contributed by atoms with van der Waals surface area (Å²) in [6, 6.07) is 0. The minimum absolute atomic E-state index is 0.0398. The molecule has 1 aromatic heterocycles. The third kappa shape index (κ3) is 2.69. The lowest BCUT2D eigenvalue weighted by Gasteiger charge is -2.31. The number of likely N-dealkylation sites (N-methyl/N-ethyl adjacent to an activating group) is 1. The zero-order chi connectivity index (χ0) is 14.1. The Kier molecular flexibility index (Phi) is 3.79. The number of hydrogen-bond acceptors (Lipinski definition) is 4. The van der Waals surface area contributed by atoms with Gasteiger partial charge in [-0.2, -0.15) is 0 Å². The minimum Gasteiger partial charge on any atom is -0.480 e. The molecule has 0 atom stereocenters. The molecule has 0 aromatic carbocycles. The predicted molar refractivity (Wildman–Crippen MR) is 64.2 cm³/mol. The van der Waals surface area contributed by atoms with Crippen molar-refractivity contribution in [3.8, 4) is 0 Å². The summed E-state index contributed by atoms with van der Waals surface area (Å²) in [4.78, 5) is 28.3. The van der Waals surface area contributed by atoms with E-state index in [9.17, 15) is 9.59 Å². The molecule has 0 spiro atoms. The number of nitrogens with zero attached hydrogens (tertiary/aromatic N) is 2. The fourth-order valence-electron chi connectivity index (χ4n) is 1.32. The van der Waals surface area contributed by atoms with E-state index in [4.69, 9.17) is 9.52 Å². The number of oxazole rings is 1. The number of aryl methyl sites for hydroxylation is 2. The number of carbonyl (C=O) groups excluding carboxylic acids is 1. The van der Waals surface area contributed by atoms with Gasteiger partial charge in [-0.05, 0) is 27.7 Å². The van der Waals surface area contributed by atoms with Crippen molar-refractivity contribution in [1.82, 2.24) is 9.88 Å². The van der Waals surface area contributed by atoms with E-state index in [-0.39, 0.29) is 12.3 Å². The summed E-state index contributed by atoms with van der Waals surface area (Å²) >= 11 is 0. The van der Waals surface area contributed by atoms with Crippen molar-refractivity contribution in [2.45, 2.75) is 39.7 Å². The summed E-state index contributed by atoms with van der Waals surface area (Å²) in [5.41, 5.74) is -0.522. The zero-order valence-electron chi connectivity index (χ0n) is 11.3. The first-order chi connectivity index (χ1) is 8.16. The zero-order valence-corrected chi connectivity index (χ0v) is 11.3. The number of carbonyl (C=O) groups is 2. The van der Waals surface area contributed by atoms with Gasteiger partial charge >= 0.3 is 5.97 Å². The Morgan fingerprint density at radius 1 is 1.39 bits per heavy atom. The van der Waals surface area contributed by atoms with E-state index < -0.39 is 11.5 Å². The lowest BCUT2D eigenvalue weighted by molar-refractivity contribution is -0.155. The number of aromatic nitrogens is 1. The van der Waals surface area contributed by atoms with Crippen molar-refractivity contribution in [3.05, 3.63) is 17.3 Å². The van der Waals surface area contributed by atoms with Crippen LogP contribution in [0.25, 0.3) is 0 Å². The lowest BCUT2D eigenvalue weighted by atomic mass is 10.0. The van der Waals surface area contributed by atoms with Gasteiger partial charge in [0.1, 0.15) is 17.7 Å². The molecule has 0 saturated carbocycles. The first kappa shape index (κ1) is 14.2. The van der Waals surface area contributed by atoms with Gasteiger partial charge in [0.15, 0.2) is 0 Å². The third-order valence-corrected chi connectivity index (χ3v) is 3.11. The van der Waals surface area contributed by atoms with Crippen LogP contribution in [0.15, 0.2) is 4.42 Å². The second-order valence-corrected chi connectivity index (χ2v) is 4.74. The Morgan fingerprint density at radius 3 is 2.33 bits per heavy atom. The van der Waals surface area contributed by atoms with Crippen LogP contribution in [0.1, 0.15) is 31.2 Å². The van der Waals surface area contributed by atoms with E-state index in [1.165, 1.54) is 25.8 Å².